The zero-order valence-corrected chi connectivity index (χ0v) is 11.7. The molecule has 0 bridgehead atoms. The molecule has 114 valence electrons. The monoisotopic (exact) mass is 295 g/mol. The van der Waals surface area contributed by atoms with Gasteiger partial charge >= 0.3 is 5.97 Å². The number of nitro groups is 1. The van der Waals surface area contributed by atoms with E-state index in [4.69, 9.17) is 0 Å². The van der Waals surface area contributed by atoms with Crippen LogP contribution < -0.4 is 0 Å². The largest absolute Gasteiger partial charge is 0.481 e. The quantitative estimate of drug-likeness (QED) is 0.521. The Morgan fingerprint density at radius 1 is 1.29 bits per heavy atom. The van der Waals surface area contributed by atoms with Gasteiger partial charge in [-0.15, -0.1) is 0 Å². The van der Waals surface area contributed by atoms with Gasteiger partial charge in [0, 0.05) is 11.6 Å². The summed E-state index contributed by atoms with van der Waals surface area (Å²) in [4.78, 5) is 22.2. The summed E-state index contributed by atoms with van der Waals surface area (Å²) in [7, 11) is 0. The van der Waals surface area contributed by atoms with Crippen LogP contribution in [-0.4, -0.2) is 16.0 Å². The number of carbonyl (C=O) groups is 1. The number of benzene rings is 1. The second-order valence-corrected chi connectivity index (χ2v) is 5.71. The average Bonchev–Trinajstić information content (AvgIpc) is 2.65. The zero-order chi connectivity index (χ0) is 15.5. The number of rotatable bonds is 4. The average molecular weight is 295 g/mol. The highest BCUT2D eigenvalue weighted by Gasteiger charge is 2.40. The van der Waals surface area contributed by atoms with Gasteiger partial charge in [0.15, 0.2) is 0 Å². The molecule has 0 unspecified atom stereocenters. The molecule has 5 nitrogen and oxygen atoms in total. The first-order valence-electron chi connectivity index (χ1n) is 7.11. The van der Waals surface area contributed by atoms with E-state index in [0.717, 1.165) is 43.9 Å². The fraction of sp³-hybridized carbons (Fsp3) is 0.533. The van der Waals surface area contributed by atoms with Crippen molar-refractivity contribution in [1.82, 2.24) is 0 Å². The van der Waals surface area contributed by atoms with E-state index in [0.29, 0.717) is 12.8 Å². The smallest absolute Gasteiger partial charge is 0.309 e. The van der Waals surface area contributed by atoms with Crippen molar-refractivity contribution in [1.29, 1.82) is 0 Å². The summed E-state index contributed by atoms with van der Waals surface area (Å²) in [5, 5.41) is 20.7. The summed E-state index contributed by atoms with van der Waals surface area (Å²) in [5.41, 5.74) is -1.06. The number of nitrogens with zero attached hydrogens (tertiary/aromatic N) is 1. The molecule has 0 atom stereocenters. The number of halogens is 1. The van der Waals surface area contributed by atoms with E-state index in [1.807, 2.05) is 0 Å². The van der Waals surface area contributed by atoms with Crippen molar-refractivity contribution in [3.63, 3.8) is 0 Å². The third kappa shape index (κ3) is 3.37. The van der Waals surface area contributed by atoms with E-state index in [-0.39, 0.29) is 17.7 Å². The van der Waals surface area contributed by atoms with Crippen molar-refractivity contribution in [2.24, 2.45) is 5.41 Å². The maximum absolute atomic E-state index is 13.4. The Kier molecular flexibility index (Phi) is 4.55. The van der Waals surface area contributed by atoms with Gasteiger partial charge in [-0.05, 0) is 31.4 Å². The topological polar surface area (TPSA) is 80.4 Å². The third-order valence-corrected chi connectivity index (χ3v) is 4.28. The first kappa shape index (κ1) is 15.4. The number of hydrogen-bond donors (Lipinski definition) is 1. The van der Waals surface area contributed by atoms with Gasteiger partial charge < -0.3 is 5.11 Å². The fourth-order valence-electron chi connectivity index (χ4n) is 3.11. The highest BCUT2D eigenvalue weighted by molar-refractivity contribution is 5.75. The molecule has 2 rings (SSSR count). The normalized spacial score (nSPS) is 18.0. The van der Waals surface area contributed by atoms with E-state index in [1.165, 1.54) is 0 Å². The van der Waals surface area contributed by atoms with Gasteiger partial charge in [-0.2, -0.15) is 0 Å². The molecule has 0 aliphatic heterocycles. The summed E-state index contributed by atoms with van der Waals surface area (Å²) < 4.78 is 13.4. The molecule has 0 amide bonds. The van der Waals surface area contributed by atoms with Crippen molar-refractivity contribution in [3.8, 4) is 0 Å². The summed E-state index contributed by atoms with van der Waals surface area (Å²) in [6.07, 6.45) is 4.49. The molecule has 0 radical (unpaired) electrons. The highest BCUT2D eigenvalue weighted by atomic mass is 19.1. The van der Waals surface area contributed by atoms with Crippen LogP contribution in [0.4, 0.5) is 10.1 Å². The molecule has 6 heteroatoms. The summed E-state index contributed by atoms with van der Waals surface area (Å²) in [6.45, 7) is 0. The van der Waals surface area contributed by atoms with Gasteiger partial charge in [0.2, 0.25) is 0 Å². The Hall–Kier alpha value is -1.98. The Bertz CT molecular complexity index is 551. The minimum Gasteiger partial charge on any atom is -0.481 e. The minimum absolute atomic E-state index is 0.0103. The van der Waals surface area contributed by atoms with E-state index in [9.17, 15) is 24.4 Å². The predicted octanol–water partition coefficient (Wildman–Crippen LogP) is 3.70. The van der Waals surface area contributed by atoms with Crippen LogP contribution in [0.3, 0.4) is 0 Å². The second kappa shape index (κ2) is 6.20. The van der Waals surface area contributed by atoms with Crippen LogP contribution in [0, 0.1) is 21.3 Å². The van der Waals surface area contributed by atoms with E-state index < -0.39 is 22.1 Å². The summed E-state index contributed by atoms with van der Waals surface area (Å²) >= 11 is 0. The molecule has 21 heavy (non-hydrogen) atoms. The van der Waals surface area contributed by atoms with Gasteiger partial charge in [-0.25, -0.2) is 4.39 Å². The number of carboxylic acid groups (broad SMARTS) is 1. The van der Waals surface area contributed by atoms with E-state index >= 15 is 0 Å². The lowest BCUT2D eigenvalue weighted by Crippen LogP contribution is -2.33. The fourth-order valence-corrected chi connectivity index (χ4v) is 3.11. The van der Waals surface area contributed by atoms with Gasteiger partial charge in [-0.1, -0.05) is 25.7 Å². The third-order valence-electron chi connectivity index (χ3n) is 4.28. The molecule has 1 fully saturated rings. The van der Waals surface area contributed by atoms with Crippen LogP contribution in [0.15, 0.2) is 18.2 Å². The van der Waals surface area contributed by atoms with Crippen LogP contribution in [-0.2, 0) is 11.2 Å². The number of nitro benzene ring substituents is 1. The molecule has 1 aromatic carbocycles. The molecular formula is C15H18FNO4. The van der Waals surface area contributed by atoms with Crippen molar-refractivity contribution in [2.45, 2.75) is 44.9 Å². The second-order valence-electron chi connectivity index (χ2n) is 5.71. The summed E-state index contributed by atoms with van der Waals surface area (Å²) in [6, 6.07) is 3.23. The van der Waals surface area contributed by atoms with Crippen molar-refractivity contribution >= 4 is 11.7 Å². The van der Waals surface area contributed by atoms with Crippen LogP contribution in [0.25, 0.3) is 0 Å². The first-order chi connectivity index (χ1) is 9.94. The maximum Gasteiger partial charge on any atom is 0.309 e. The summed E-state index contributed by atoms with van der Waals surface area (Å²) in [5.74, 6) is -1.52. The Morgan fingerprint density at radius 2 is 1.90 bits per heavy atom. The molecule has 0 saturated heterocycles. The molecule has 1 aliphatic rings. The van der Waals surface area contributed by atoms with Gasteiger partial charge in [0.05, 0.1) is 10.3 Å². The molecule has 0 spiro atoms. The number of carboxylic acids is 1. The van der Waals surface area contributed by atoms with Crippen LogP contribution in [0.5, 0.6) is 0 Å². The SMILES string of the molecule is O=C(O)C1(Cc2cc(F)ccc2[N+](=O)[O-])CCCCCC1. The van der Waals surface area contributed by atoms with Crippen LogP contribution in [0.1, 0.15) is 44.1 Å². The van der Waals surface area contributed by atoms with Crippen LogP contribution in [0.2, 0.25) is 0 Å². The molecule has 1 aromatic rings. The predicted molar refractivity (Wildman–Crippen MR) is 74.5 cm³/mol. The lowest BCUT2D eigenvalue weighted by molar-refractivity contribution is -0.385. The first-order valence-corrected chi connectivity index (χ1v) is 7.11. The standard InChI is InChI=1S/C15H18FNO4/c16-12-5-6-13(17(20)21)11(9-12)10-15(14(18)19)7-3-1-2-4-8-15/h5-6,9H,1-4,7-8,10H2,(H,18,19). The van der Waals surface area contributed by atoms with Gasteiger partial charge in [0.25, 0.3) is 5.69 Å². The minimum atomic E-state index is -1.02. The van der Waals surface area contributed by atoms with Crippen molar-refractivity contribution in [2.75, 3.05) is 0 Å². The van der Waals surface area contributed by atoms with E-state index in [2.05, 4.69) is 0 Å². The molecule has 1 aliphatic carbocycles. The highest BCUT2D eigenvalue weighted by Crippen LogP contribution is 2.40. The Labute approximate surface area is 121 Å². The maximum atomic E-state index is 13.4. The zero-order valence-electron chi connectivity index (χ0n) is 11.7. The molecule has 1 saturated carbocycles. The molecule has 0 heterocycles. The van der Waals surface area contributed by atoms with Crippen LogP contribution >= 0.6 is 0 Å². The number of hydrogen-bond acceptors (Lipinski definition) is 3. The van der Waals surface area contributed by atoms with E-state index in [1.54, 1.807) is 0 Å². The molecule has 1 N–H and O–H groups in total. The Morgan fingerprint density at radius 3 is 2.43 bits per heavy atom. The number of aliphatic carboxylic acids is 1. The molecular weight excluding hydrogens is 277 g/mol. The van der Waals surface area contributed by atoms with Gasteiger partial charge in [-0.3, -0.25) is 14.9 Å². The Balaban J connectivity index is 2.39. The van der Waals surface area contributed by atoms with Crippen molar-refractivity contribution in [3.05, 3.63) is 39.7 Å². The lowest BCUT2D eigenvalue weighted by atomic mass is 9.75. The van der Waals surface area contributed by atoms with Gasteiger partial charge in [0.1, 0.15) is 5.82 Å². The lowest BCUT2D eigenvalue weighted by Gasteiger charge is -2.28. The molecule has 0 aromatic heterocycles. The van der Waals surface area contributed by atoms with Crippen molar-refractivity contribution < 1.29 is 19.2 Å².